The summed E-state index contributed by atoms with van der Waals surface area (Å²) in [6.45, 7) is 7.77. The highest BCUT2D eigenvalue weighted by molar-refractivity contribution is 6.03. The van der Waals surface area contributed by atoms with Gasteiger partial charge in [0.25, 0.3) is 11.8 Å². The molecule has 20 nitrogen and oxygen atoms in total. The molecule has 13 rings (SSSR count). The fourth-order valence-electron chi connectivity index (χ4n) is 13.9. The van der Waals surface area contributed by atoms with E-state index in [1.54, 1.807) is 59.5 Å². The Morgan fingerprint density at radius 1 is 0.588 bits per heavy atom. The van der Waals surface area contributed by atoms with Gasteiger partial charge in [0.2, 0.25) is 17.2 Å². The van der Waals surface area contributed by atoms with Crippen molar-refractivity contribution >= 4 is 57.9 Å². The number of nitrogens with one attached hydrogen (secondary N) is 3. The zero-order valence-electron chi connectivity index (χ0n) is 54.4. The van der Waals surface area contributed by atoms with Gasteiger partial charge in [-0.3, -0.25) is 19.2 Å². The minimum atomic E-state index is -1.12. The molecule has 20 heteroatoms. The Labute approximate surface area is 563 Å². The number of para-hydroxylation sites is 1. The quantitative estimate of drug-likeness (QED) is 0.0140. The number of hydrogen-bond donors (Lipinski definition) is 5. The number of hydrogen-bond acceptors (Lipinski definition) is 14. The van der Waals surface area contributed by atoms with Gasteiger partial charge in [-0.05, 0) is 146 Å². The molecule has 0 aliphatic carbocycles. The number of anilines is 2. The van der Waals surface area contributed by atoms with Crippen LogP contribution in [0.4, 0.5) is 22.7 Å². The summed E-state index contributed by atoms with van der Waals surface area (Å²) < 4.78 is 32.0. The Morgan fingerprint density at radius 3 is 2.06 bits per heavy atom. The maximum absolute atomic E-state index is 13.8. The molecule has 4 amide bonds. The zero-order valence-corrected chi connectivity index (χ0v) is 54.4. The number of rotatable bonds is 27. The zero-order chi connectivity index (χ0) is 66.6. The van der Waals surface area contributed by atoms with E-state index in [1.165, 1.54) is 39.4 Å². The van der Waals surface area contributed by atoms with Gasteiger partial charge >= 0.3 is 5.97 Å². The maximum Gasteiger partial charge on any atom is 0.336 e. The Hall–Kier alpha value is -10.0. The summed E-state index contributed by atoms with van der Waals surface area (Å²) in [5.41, 5.74) is 14.2. The average molecular weight is 1310 g/mol. The molecule has 0 atom stereocenters. The second-order valence-electron chi connectivity index (χ2n) is 24.9. The molecule has 0 fully saturated rings. The van der Waals surface area contributed by atoms with Gasteiger partial charge in [-0.25, -0.2) is 9.37 Å². The molecule has 0 bridgehead atoms. The number of carbonyl (C=O) groups excluding carboxylic acids is 4. The van der Waals surface area contributed by atoms with Crippen molar-refractivity contribution in [3.63, 3.8) is 0 Å². The number of carboxylic acid groups (broad SMARTS) is 1. The minimum Gasteiger partial charge on any atom is -0.506 e. The average Bonchev–Trinajstić information content (AvgIpc) is 0.711. The number of nitrogens with zero attached hydrogens (tertiary/aromatic N) is 5. The highest BCUT2D eigenvalue weighted by Crippen LogP contribution is 2.49. The second kappa shape index (κ2) is 30.8. The van der Waals surface area contributed by atoms with Crippen LogP contribution in [0, 0.1) is 11.8 Å². The molecule has 0 aromatic heterocycles. The standard InChI is InChI=1S/C77H78N8O12/c86-67-45-50(27-30-79-76(90)56-22-25-59(62(48-56)77(91)92)70-63-46-54-12-5-33-83-35-7-14-60(71(54)83)73(63)97-74-61-15-8-36-84-34-6-13-55(72(61)84)47-64(70)74)17-26-65(67)82-81-58-23-20-53(21-24-58)75(89)80-32-38-94-40-42-96-44-43-95-41-39-93-37-29-68(87)78-31-28-69(88)85-49-57-11-2-1-9-51(57)18-19-52-10-3-4-16-66(52)85/h1-4,9-11,16-17,20-26,45-48H,5-8,12-15,27-44,49H2,(H4-,78,79,80,81,86,87,89,90,91,92)/p+1. The third-order valence-corrected chi connectivity index (χ3v) is 18.6. The molecule has 0 spiro atoms. The Bertz CT molecular complexity index is 4420. The number of carbonyl (C=O) groups is 5. The number of benzene rings is 7. The molecule has 7 aromatic rings. The largest absolute Gasteiger partial charge is 0.506 e. The number of amides is 4. The number of aryl methyl sites for hydroxylation is 2. The van der Waals surface area contributed by atoms with Gasteiger partial charge in [-0.2, -0.15) is 5.11 Å². The van der Waals surface area contributed by atoms with Crippen LogP contribution in [-0.4, -0.2) is 138 Å². The Kier molecular flexibility index (Phi) is 20.8. The van der Waals surface area contributed by atoms with Crippen LogP contribution in [0.1, 0.15) is 125 Å². The molecule has 0 unspecified atom stereocenters. The first-order valence-electron chi connectivity index (χ1n) is 33.8. The topological polar surface area (TPSA) is 242 Å². The van der Waals surface area contributed by atoms with Gasteiger partial charge in [0.05, 0.1) is 81.9 Å². The summed E-state index contributed by atoms with van der Waals surface area (Å²) in [7, 11) is 0. The van der Waals surface area contributed by atoms with E-state index in [4.69, 9.17) is 23.7 Å². The first kappa shape index (κ1) is 65.6. The molecular weight excluding hydrogens is 1230 g/mol. The van der Waals surface area contributed by atoms with E-state index in [0.717, 1.165) is 133 Å². The number of ether oxygens (including phenoxy) is 5. The van der Waals surface area contributed by atoms with Gasteiger partial charge in [0, 0.05) is 114 Å². The first-order valence-corrected chi connectivity index (χ1v) is 33.8. The summed E-state index contributed by atoms with van der Waals surface area (Å²) in [5.74, 6) is 5.88. The Morgan fingerprint density at radius 2 is 1.27 bits per heavy atom. The van der Waals surface area contributed by atoms with Crippen molar-refractivity contribution in [2.24, 2.45) is 10.2 Å². The summed E-state index contributed by atoms with van der Waals surface area (Å²) in [6, 6.07) is 36.5. The summed E-state index contributed by atoms with van der Waals surface area (Å²) >= 11 is 0. The molecular formula is C77H79N8O12+. The molecule has 0 radical (unpaired) electrons. The fourth-order valence-corrected chi connectivity index (χ4v) is 13.9. The molecule has 5 N–H and O–H groups in total. The maximum atomic E-state index is 13.8. The number of aromatic hydroxyl groups is 1. The lowest BCUT2D eigenvalue weighted by Crippen LogP contribution is -2.45. The van der Waals surface area contributed by atoms with Gasteiger partial charge < -0.3 is 59.6 Å². The molecule has 7 aromatic carbocycles. The van der Waals surface area contributed by atoms with Crippen LogP contribution >= 0.6 is 0 Å². The van der Waals surface area contributed by atoms with Crippen LogP contribution in [0.25, 0.3) is 5.57 Å². The molecule has 0 saturated heterocycles. The van der Waals surface area contributed by atoms with Crippen molar-refractivity contribution in [3.8, 4) is 29.1 Å². The molecule has 6 aliphatic rings. The summed E-state index contributed by atoms with van der Waals surface area (Å²) in [5, 5.41) is 41.2. The van der Waals surface area contributed by atoms with E-state index >= 15 is 0 Å². The third-order valence-electron chi connectivity index (χ3n) is 18.6. The summed E-state index contributed by atoms with van der Waals surface area (Å²) in [4.78, 5) is 70.2. The van der Waals surface area contributed by atoms with Crippen LogP contribution in [0.5, 0.6) is 17.2 Å². The second-order valence-corrected chi connectivity index (χ2v) is 24.9. The van der Waals surface area contributed by atoms with E-state index in [-0.39, 0.29) is 79.4 Å². The van der Waals surface area contributed by atoms with Crippen LogP contribution in [-0.2, 0) is 67.2 Å². The lowest BCUT2D eigenvalue weighted by Gasteiger charge is -2.39. The van der Waals surface area contributed by atoms with E-state index in [1.807, 2.05) is 48.5 Å². The predicted octanol–water partition coefficient (Wildman–Crippen LogP) is 8.55. The highest BCUT2D eigenvalue weighted by atomic mass is 16.6. The number of azo groups is 1. The SMILES string of the molecule is O=C(CCOCCOCCOCCOCCNC(=O)c1ccc(N=Nc2ccc(CCNC(=O)c3ccc(C4=c5cc6c7c(c5Oc5c4cc4c8c5CCCN8CCC4)CCC[N+]=7CCC6)c(C(=O)O)c3)cc2O)cc1)NCCC(=O)N1Cc2ccccc2C#Cc2ccccc21. The predicted molar refractivity (Wildman–Crippen MR) is 366 cm³/mol. The molecule has 0 saturated carbocycles. The lowest BCUT2D eigenvalue weighted by atomic mass is 9.81. The third kappa shape index (κ3) is 15.2. The molecule has 6 aliphatic heterocycles. The van der Waals surface area contributed by atoms with Crippen molar-refractivity contribution in [2.45, 2.75) is 77.2 Å². The minimum absolute atomic E-state index is 0.0506. The highest BCUT2D eigenvalue weighted by Gasteiger charge is 2.37. The van der Waals surface area contributed by atoms with Gasteiger partial charge in [-0.15, -0.1) is 5.11 Å². The number of phenolic OH excluding ortho intramolecular Hbond substituents is 1. The first-order chi connectivity index (χ1) is 47.5. The van der Waals surface area contributed by atoms with Gasteiger partial charge in [0.1, 0.15) is 36.0 Å². The smallest absolute Gasteiger partial charge is 0.336 e. The normalized spacial score (nSPS) is 14.6. The van der Waals surface area contributed by atoms with E-state index < -0.39 is 11.9 Å². The van der Waals surface area contributed by atoms with Crippen molar-refractivity contribution < 1.29 is 57.9 Å². The van der Waals surface area contributed by atoms with Crippen molar-refractivity contribution in [2.75, 3.05) is 108 Å². The Balaban J connectivity index is 0.504. The van der Waals surface area contributed by atoms with E-state index in [0.29, 0.717) is 76.0 Å². The van der Waals surface area contributed by atoms with E-state index in [9.17, 15) is 34.2 Å². The number of fused-ring (bicyclic) bond motifs is 6. The summed E-state index contributed by atoms with van der Waals surface area (Å²) in [6.07, 6.45) is 8.54. The van der Waals surface area contributed by atoms with Gasteiger partial charge in [-0.1, -0.05) is 54.3 Å². The van der Waals surface area contributed by atoms with Crippen LogP contribution in [0.15, 0.2) is 132 Å². The molecule has 498 valence electrons. The number of phenols is 1. The number of carboxylic acids is 1. The monoisotopic (exact) mass is 1310 g/mol. The lowest BCUT2D eigenvalue weighted by molar-refractivity contribution is -0.122. The van der Waals surface area contributed by atoms with Crippen molar-refractivity contribution in [1.82, 2.24) is 20.5 Å². The fraction of sp³-hybridized carbons (Fsp3) is 0.351. The van der Waals surface area contributed by atoms with Crippen LogP contribution in [0.2, 0.25) is 0 Å². The molecule has 97 heavy (non-hydrogen) atoms. The van der Waals surface area contributed by atoms with Crippen LogP contribution < -0.4 is 45.6 Å². The molecule has 6 heterocycles. The van der Waals surface area contributed by atoms with Crippen molar-refractivity contribution in [1.29, 1.82) is 0 Å². The van der Waals surface area contributed by atoms with E-state index in [2.05, 4.69) is 59.6 Å². The van der Waals surface area contributed by atoms with Gasteiger partial charge in [0.15, 0.2) is 0 Å². The van der Waals surface area contributed by atoms with Crippen LogP contribution in [0.3, 0.4) is 0 Å². The van der Waals surface area contributed by atoms with Crippen molar-refractivity contribution in [3.05, 3.63) is 204 Å². The number of aromatic carboxylic acids is 1.